The molecule has 0 saturated carbocycles. The molecule has 2 N–H and O–H groups in total. The van der Waals surface area contributed by atoms with Crippen molar-refractivity contribution in [3.8, 4) is 5.75 Å². The molecule has 1 saturated heterocycles. The van der Waals surface area contributed by atoms with Crippen LogP contribution in [0.5, 0.6) is 5.75 Å². The minimum atomic E-state index is -0.425. The van der Waals surface area contributed by atoms with E-state index in [9.17, 15) is 14.4 Å². The van der Waals surface area contributed by atoms with Crippen molar-refractivity contribution < 1.29 is 19.1 Å². The predicted molar refractivity (Wildman–Crippen MR) is 93.1 cm³/mol. The molecule has 2 rings (SSSR count). The topological polar surface area (TPSA) is 87.7 Å². The summed E-state index contributed by atoms with van der Waals surface area (Å²) in [7, 11) is 3.16. The van der Waals surface area contributed by atoms with Gasteiger partial charge in [0.1, 0.15) is 11.8 Å². The number of likely N-dealkylation sites (tertiary alicyclic amines) is 1. The van der Waals surface area contributed by atoms with Gasteiger partial charge >= 0.3 is 0 Å². The Morgan fingerprint density at radius 2 is 2.12 bits per heavy atom. The molecule has 1 aromatic carbocycles. The predicted octanol–water partition coefficient (Wildman–Crippen LogP) is 0.481. The van der Waals surface area contributed by atoms with E-state index in [4.69, 9.17) is 4.74 Å². The number of hydrogen-bond acceptors (Lipinski definition) is 4. The third-order valence-corrected chi connectivity index (χ3v) is 4.33. The highest BCUT2D eigenvalue weighted by Crippen LogP contribution is 2.17. The molecule has 136 valence electrons. The molecule has 7 nitrogen and oxygen atoms in total. The normalized spacial score (nSPS) is 16.4. The summed E-state index contributed by atoms with van der Waals surface area (Å²) in [5.74, 6) is 0.185. The van der Waals surface area contributed by atoms with Crippen LogP contribution in [0.15, 0.2) is 24.3 Å². The number of carbonyl (C=O) groups excluding carboxylic acids is 3. The van der Waals surface area contributed by atoms with Gasteiger partial charge in [-0.15, -0.1) is 0 Å². The van der Waals surface area contributed by atoms with E-state index in [1.54, 1.807) is 19.1 Å². The Labute approximate surface area is 147 Å². The van der Waals surface area contributed by atoms with E-state index in [1.807, 2.05) is 24.3 Å². The zero-order chi connectivity index (χ0) is 18.2. The highest BCUT2D eigenvalue weighted by atomic mass is 16.5. The maximum Gasteiger partial charge on any atom is 0.242 e. The first kappa shape index (κ1) is 18.8. The van der Waals surface area contributed by atoms with Gasteiger partial charge < -0.3 is 20.3 Å². The fourth-order valence-corrected chi connectivity index (χ4v) is 2.95. The van der Waals surface area contributed by atoms with Crippen molar-refractivity contribution in [2.24, 2.45) is 0 Å². The van der Waals surface area contributed by atoms with Gasteiger partial charge in [0.25, 0.3) is 0 Å². The largest absolute Gasteiger partial charge is 0.497 e. The Morgan fingerprint density at radius 1 is 1.32 bits per heavy atom. The number of nitrogens with zero attached hydrogens (tertiary/aromatic N) is 1. The van der Waals surface area contributed by atoms with Crippen molar-refractivity contribution in [1.29, 1.82) is 0 Å². The molecule has 3 amide bonds. The minimum absolute atomic E-state index is 0.0789. The summed E-state index contributed by atoms with van der Waals surface area (Å²) >= 11 is 0. The van der Waals surface area contributed by atoms with Crippen LogP contribution in [0.2, 0.25) is 0 Å². The van der Waals surface area contributed by atoms with E-state index in [0.29, 0.717) is 25.8 Å². The second-order valence-corrected chi connectivity index (χ2v) is 5.99. The van der Waals surface area contributed by atoms with Crippen molar-refractivity contribution in [2.75, 3.05) is 27.2 Å². The first-order valence-corrected chi connectivity index (χ1v) is 8.46. The molecule has 7 heteroatoms. The van der Waals surface area contributed by atoms with Crippen LogP contribution < -0.4 is 15.4 Å². The van der Waals surface area contributed by atoms with E-state index >= 15 is 0 Å². The highest BCUT2D eigenvalue weighted by Gasteiger charge is 2.33. The maximum atomic E-state index is 12.3. The molecule has 0 aromatic heterocycles. The third-order valence-electron chi connectivity index (χ3n) is 4.33. The fraction of sp³-hybridized carbons (Fsp3) is 0.500. The number of nitrogens with one attached hydrogen (secondary N) is 2. The summed E-state index contributed by atoms with van der Waals surface area (Å²) in [6.07, 6.45) is 2.32. The number of carbonyl (C=O) groups is 3. The van der Waals surface area contributed by atoms with Crippen molar-refractivity contribution in [3.63, 3.8) is 0 Å². The second kappa shape index (κ2) is 9.05. The lowest BCUT2D eigenvalue weighted by molar-refractivity contribution is -0.138. The van der Waals surface area contributed by atoms with Crippen LogP contribution in [0.3, 0.4) is 0 Å². The minimum Gasteiger partial charge on any atom is -0.497 e. The lowest BCUT2D eigenvalue weighted by Crippen LogP contribution is -2.48. The van der Waals surface area contributed by atoms with Crippen molar-refractivity contribution in [2.45, 2.75) is 31.7 Å². The second-order valence-electron chi connectivity index (χ2n) is 5.99. The number of benzene rings is 1. The van der Waals surface area contributed by atoms with Gasteiger partial charge in [0.2, 0.25) is 17.7 Å². The Bertz CT molecular complexity index is 633. The molecule has 1 aromatic rings. The summed E-state index contributed by atoms with van der Waals surface area (Å²) in [6, 6.07) is 7.12. The molecule has 1 aliphatic heterocycles. The molecule has 0 aliphatic carbocycles. The average Bonchev–Trinajstić information content (AvgIpc) is 3.13. The molecule has 1 atom stereocenters. The van der Waals surface area contributed by atoms with Gasteiger partial charge in [-0.2, -0.15) is 0 Å². The Hall–Kier alpha value is -2.57. The highest BCUT2D eigenvalue weighted by molar-refractivity contribution is 5.90. The zero-order valence-electron chi connectivity index (χ0n) is 14.7. The summed E-state index contributed by atoms with van der Waals surface area (Å²) in [4.78, 5) is 37.5. The quantitative estimate of drug-likeness (QED) is 0.751. The van der Waals surface area contributed by atoms with Gasteiger partial charge in [0.15, 0.2) is 0 Å². The van der Waals surface area contributed by atoms with Crippen molar-refractivity contribution in [3.05, 3.63) is 29.8 Å². The maximum absolute atomic E-state index is 12.3. The fourth-order valence-electron chi connectivity index (χ4n) is 2.95. The number of rotatable bonds is 7. The van der Waals surface area contributed by atoms with Crippen LogP contribution in [-0.4, -0.2) is 55.9 Å². The molecule has 1 unspecified atom stereocenters. The molecule has 25 heavy (non-hydrogen) atoms. The molecular weight excluding hydrogens is 322 g/mol. The van der Waals surface area contributed by atoms with Gasteiger partial charge in [0.05, 0.1) is 13.7 Å². The smallest absolute Gasteiger partial charge is 0.242 e. The molecule has 0 radical (unpaired) electrons. The average molecular weight is 347 g/mol. The van der Waals surface area contributed by atoms with Crippen LogP contribution in [0.4, 0.5) is 0 Å². The number of amides is 3. The van der Waals surface area contributed by atoms with Gasteiger partial charge in [-0.25, -0.2) is 0 Å². The van der Waals surface area contributed by atoms with E-state index in [-0.39, 0.29) is 24.3 Å². The number of likely N-dealkylation sites (N-methyl/N-ethyl adjacent to an activating group) is 1. The summed E-state index contributed by atoms with van der Waals surface area (Å²) in [5, 5.41) is 5.22. The van der Waals surface area contributed by atoms with Crippen LogP contribution in [0, 0.1) is 0 Å². The zero-order valence-corrected chi connectivity index (χ0v) is 14.7. The lowest BCUT2D eigenvalue weighted by Gasteiger charge is -2.23. The number of hydrogen-bond donors (Lipinski definition) is 2. The molecule has 1 fully saturated rings. The first-order chi connectivity index (χ1) is 12.0. The number of ether oxygens (including phenoxy) is 1. The van der Waals surface area contributed by atoms with Gasteiger partial charge in [-0.3, -0.25) is 14.4 Å². The molecular formula is C18H25N3O4. The Morgan fingerprint density at radius 3 is 2.84 bits per heavy atom. The molecule has 1 heterocycles. The summed E-state index contributed by atoms with van der Waals surface area (Å²) < 4.78 is 5.15. The van der Waals surface area contributed by atoms with Gasteiger partial charge in [-0.05, 0) is 37.0 Å². The standard InChI is InChI=1S/C18H25N3O4/c1-19-18(24)15-7-4-10-21(15)17(23)12-20-16(22)9-8-13-5-3-6-14(11-13)25-2/h3,5-6,11,15H,4,7-10,12H2,1-2H3,(H,19,24)(H,20,22). The first-order valence-electron chi connectivity index (χ1n) is 8.46. The van der Waals surface area contributed by atoms with E-state index < -0.39 is 6.04 Å². The van der Waals surface area contributed by atoms with E-state index in [0.717, 1.165) is 17.7 Å². The van der Waals surface area contributed by atoms with E-state index in [2.05, 4.69) is 10.6 Å². The Kier molecular flexibility index (Phi) is 6.80. The monoisotopic (exact) mass is 347 g/mol. The number of aryl methyl sites for hydroxylation is 1. The van der Waals surface area contributed by atoms with Crippen LogP contribution in [0.1, 0.15) is 24.8 Å². The lowest BCUT2D eigenvalue weighted by atomic mass is 10.1. The molecule has 0 bridgehead atoms. The molecule has 1 aliphatic rings. The third kappa shape index (κ3) is 5.20. The number of methoxy groups -OCH3 is 1. The summed E-state index contributed by atoms with van der Waals surface area (Å²) in [5.41, 5.74) is 1.00. The van der Waals surface area contributed by atoms with Crippen LogP contribution in [0.25, 0.3) is 0 Å². The Balaban J connectivity index is 1.77. The van der Waals surface area contributed by atoms with Crippen molar-refractivity contribution >= 4 is 17.7 Å². The molecule has 0 spiro atoms. The van der Waals surface area contributed by atoms with Crippen LogP contribution in [-0.2, 0) is 20.8 Å². The van der Waals surface area contributed by atoms with Crippen molar-refractivity contribution in [1.82, 2.24) is 15.5 Å². The van der Waals surface area contributed by atoms with E-state index in [1.165, 1.54) is 0 Å². The SMILES string of the molecule is CNC(=O)C1CCCN1C(=O)CNC(=O)CCc1cccc(OC)c1. The summed E-state index contributed by atoms with van der Waals surface area (Å²) in [6.45, 7) is 0.473. The van der Waals surface area contributed by atoms with Gasteiger partial charge in [0, 0.05) is 20.0 Å². The van der Waals surface area contributed by atoms with Gasteiger partial charge in [-0.1, -0.05) is 12.1 Å². The van der Waals surface area contributed by atoms with Crippen LogP contribution >= 0.6 is 0 Å².